The predicted octanol–water partition coefficient (Wildman–Crippen LogP) is 3.21. The lowest BCUT2D eigenvalue weighted by Crippen LogP contribution is -2.40. The average Bonchev–Trinajstić information content (AvgIpc) is 3.25. The number of thiophene rings is 1. The van der Waals surface area contributed by atoms with Crippen LogP contribution < -0.4 is 16.8 Å². The summed E-state index contributed by atoms with van der Waals surface area (Å²) >= 11 is 1.54. The Kier molecular flexibility index (Phi) is 5.03. The Hall–Kier alpha value is -3.78. The maximum absolute atomic E-state index is 13.7. The van der Waals surface area contributed by atoms with E-state index in [1.165, 1.54) is 31.2 Å². The Bertz CT molecular complexity index is 1730. The molecule has 8 heteroatoms. The largest absolute Gasteiger partial charge is 0.332 e. The van der Waals surface area contributed by atoms with Crippen LogP contribution in [0.4, 0.5) is 0 Å². The zero-order chi connectivity index (χ0) is 23.2. The van der Waals surface area contributed by atoms with Crippen molar-refractivity contribution in [3.8, 4) is 0 Å². The van der Waals surface area contributed by atoms with Gasteiger partial charge in [0, 0.05) is 17.1 Å². The summed E-state index contributed by atoms with van der Waals surface area (Å²) in [5, 5.41) is 0.646. The van der Waals surface area contributed by atoms with Crippen LogP contribution in [0.25, 0.3) is 15.9 Å². The maximum atomic E-state index is 13.7. The van der Waals surface area contributed by atoms with Gasteiger partial charge in [-0.1, -0.05) is 36.4 Å². The SMILES string of the molecule is O=c1c2c3c(sc2n(Cc2cc(=O)n4ccccc4n2)c(=O)n1Cc1ccccc1)CCCC3. The predicted molar refractivity (Wildman–Crippen MR) is 133 cm³/mol. The molecule has 4 heterocycles. The third kappa shape index (κ3) is 3.42. The third-order valence-electron chi connectivity index (χ3n) is 6.45. The molecule has 5 aromatic rings. The van der Waals surface area contributed by atoms with Gasteiger partial charge in [-0.15, -0.1) is 11.3 Å². The van der Waals surface area contributed by atoms with Crippen LogP contribution in [-0.2, 0) is 25.9 Å². The van der Waals surface area contributed by atoms with Gasteiger partial charge in [-0.25, -0.2) is 9.78 Å². The quantitative estimate of drug-likeness (QED) is 0.404. The van der Waals surface area contributed by atoms with E-state index in [4.69, 9.17) is 0 Å². The van der Waals surface area contributed by atoms with Gasteiger partial charge < -0.3 is 0 Å². The lowest BCUT2D eigenvalue weighted by molar-refractivity contribution is 0.630. The monoisotopic (exact) mass is 470 g/mol. The lowest BCUT2D eigenvalue weighted by atomic mass is 9.97. The molecule has 0 N–H and O–H groups in total. The second kappa shape index (κ2) is 8.22. The molecule has 0 fully saturated rings. The summed E-state index contributed by atoms with van der Waals surface area (Å²) in [5.41, 5.74) is 2.18. The second-order valence-electron chi connectivity index (χ2n) is 8.65. The topological polar surface area (TPSA) is 78.4 Å². The van der Waals surface area contributed by atoms with E-state index in [2.05, 4.69) is 4.98 Å². The first-order valence-electron chi connectivity index (χ1n) is 11.4. The van der Waals surface area contributed by atoms with E-state index in [1.54, 1.807) is 22.9 Å². The molecular formula is C26H22N4O3S. The second-order valence-corrected chi connectivity index (χ2v) is 9.73. The zero-order valence-corrected chi connectivity index (χ0v) is 19.3. The first-order valence-corrected chi connectivity index (χ1v) is 12.2. The van der Waals surface area contributed by atoms with Crippen molar-refractivity contribution in [2.75, 3.05) is 0 Å². The Morgan fingerprint density at radius 1 is 0.882 bits per heavy atom. The van der Waals surface area contributed by atoms with Crippen LogP contribution in [0.5, 0.6) is 0 Å². The minimum absolute atomic E-state index is 0.129. The smallest absolute Gasteiger partial charge is 0.278 e. The molecule has 7 nitrogen and oxygen atoms in total. The van der Waals surface area contributed by atoms with Crippen molar-refractivity contribution in [1.82, 2.24) is 18.5 Å². The van der Waals surface area contributed by atoms with Crippen LogP contribution in [0.2, 0.25) is 0 Å². The average molecular weight is 471 g/mol. The van der Waals surface area contributed by atoms with Crippen molar-refractivity contribution in [2.24, 2.45) is 0 Å². The van der Waals surface area contributed by atoms with Crippen LogP contribution in [0, 0.1) is 0 Å². The van der Waals surface area contributed by atoms with Crippen LogP contribution in [0.15, 0.2) is 75.2 Å². The van der Waals surface area contributed by atoms with Gasteiger partial charge in [-0.3, -0.25) is 23.1 Å². The Morgan fingerprint density at radius 2 is 1.68 bits per heavy atom. The zero-order valence-electron chi connectivity index (χ0n) is 18.4. The van der Waals surface area contributed by atoms with Gasteiger partial charge in [-0.05, 0) is 48.9 Å². The minimum atomic E-state index is -0.380. The molecule has 4 aromatic heterocycles. The number of rotatable bonds is 4. The summed E-state index contributed by atoms with van der Waals surface area (Å²) in [7, 11) is 0. The Labute approximate surface area is 198 Å². The summed E-state index contributed by atoms with van der Waals surface area (Å²) in [6.45, 7) is 0.331. The lowest BCUT2D eigenvalue weighted by Gasteiger charge is -2.13. The molecule has 1 aliphatic rings. The first kappa shape index (κ1) is 20.8. The number of benzene rings is 1. The van der Waals surface area contributed by atoms with Gasteiger partial charge in [0.15, 0.2) is 0 Å². The summed E-state index contributed by atoms with van der Waals surface area (Å²) in [4.78, 5) is 46.4. The van der Waals surface area contributed by atoms with Crippen LogP contribution >= 0.6 is 11.3 Å². The van der Waals surface area contributed by atoms with Crippen molar-refractivity contribution in [3.05, 3.63) is 114 Å². The van der Waals surface area contributed by atoms with Crippen LogP contribution in [0.3, 0.4) is 0 Å². The van der Waals surface area contributed by atoms with E-state index in [-0.39, 0.29) is 29.9 Å². The van der Waals surface area contributed by atoms with Crippen molar-refractivity contribution in [1.29, 1.82) is 0 Å². The molecule has 0 unspecified atom stereocenters. The minimum Gasteiger partial charge on any atom is -0.278 e. The first-order chi connectivity index (χ1) is 16.6. The fourth-order valence-electron chi connectivity index (χ4n) is 4.81. The van der Waals surface area contributed by atoms with Gasteiger partial charge >= 0.3 is 5.69 Å². The Morgan fingerprint density at radius 3 is 2.53 bits per heavy atom. The summed E-state index contributed by atoms with van der Waals surface area (Å²) in [6, 6.07) is 16.4. The molecule has 0 amide bonds. The van der Waals surface area contributed by atoms with Gasteiger partial charge in [0.1, 0.15) is 10.5 Å². The molecule has 170 valence electrons. The van der Waals surface area contributed by atoms with Gasteiger partial charge in [0.25, 0.3) is 11.1 Å². The molecule has 0 saturated carbocycles. The normalized spacial score (nSPS) is 13.4. The molecule has 6 rings (SSSR count). The maximum Gasteiger partial charge on any atom is 0.332 e. The van der Waals surface area contributed by atoms with Gasteiger partial charge in [0.2, 0.25) is 0 Å². The highest BCUT2D eigenvalue weighted by molar-refractivity contribution is 7.18. The molecule has 0 bridgehead atoms. The van der Waals surface area contributed by atoms with Crippen molar-refractivity contribution < 1.29 is 0 Å². The molecule has 1 aliphatic carbocycles. The Balaban J connectivity index is 1.58. The van der Waals surface area contributed by atoms with Crippen LogP contribution in [-0.4, -0.2) is 18.5 Å². The van der Waals surface area contributed by atoms with E-state index >= 15 is 0 Å². The molecule has 0 spiro atoms. The summed E-state index contributed by atoms with van der Waals surface area (Å²) in [5.74, 6) is 0. The molecular weight excluding hydrogens is 448 g/mol. The van der Waals surface area contributed by atoms with Gasteiger partial charge in [0.05, 0.1) is 24.2 Å². The number of aryl methyl sites for hydroxylation is 2. The highest BCUT2D eigenvalue weighted by atomic mass is 32.1. The number of fused-ring (bicyclic) bond motifs is 4. The third-order valence-corrected chi connectivity index (χ3v) is 7.76. The molecule has 1 aromatic carbocycles. The van der Waals surface area contributed by atoms with Crippen molar-refractivity contribution in [3.63, 3.8) is 0 Å². The number of pyridine rings is 1. The fraction of sp³-hybridized carbons (Fsp3) is 0.231. The van der Waals surface area contributed by atoms with E-state index in [1.807, 2.05) is 36.4 Å². The fourth-order valence-corrected chi connectivity index (χ4v) is 6.18. The van der Waals surface area contributed by atoms with Crippen molar-refractivity contribution in [2.45, 2.75) is 38.8 Å². The van der Waals surface area contributed by atoms with E-state index < -0.39 is 0 Å². The summed E-state index contributed by atoms with van der Waals surface area (Å²) in [6.07, 6.45) is 5.58. The molecule has 0 aliphatic heterocycles. The van der Waals surface area contributed by atoms with E-state index in [0.29, 0.717) is 21.6 Å². The number of nitrogens with zero attached hydrogens (tertiary/aromatic N) is 4. The molecule has 34 heavy (non-hydrogen) atoms. The van der Waals surface area contributed by atoms with E-state index in [0.717, 1.165) is 36.8 Å². The number of hydrogen-bond acceptors (Lipinski definition) is 5. The van der Waals surface area contributed by atoms with Gasteiger partial charge in [-0.2, -0.15) is 0 Å². The highest BCUT2D eigenvalue weighted by Crippen LogP contribution is 2.34. The molecule has 0 atom stereocenters. The van der Waals surface area contributed by atoms with E-state index in [9.17, 15) is 14.4 Å². The van der Waals surface area contributed by atoms with Crippen LogP contribution in [0.1, 0.15) is 34.5 Å². The number of aromatic nitrogens is 4. The summed E-state index contributed by atoms with van der Waals surface area (Å²) < 4.78 is 4.43. The molecule has 0 saturated heterocycles. The molecule has 0 radical (unpaired) electrons. The number of hydrogen-bond donors (Lipinski definition) is 0. The standard InChI is InChI=1S/C26H22N4O3S/c31-22-14-18(27-21-12-6-7-13-28(21)22)16-30-25-23(19-10-4-5-11-20(19)34-25)24(32)29(26(30)33)15-17-8-2-1-3-9-17/h1-3,6-9,12-14H,4-5,10-11,15-16H2. The van der Waals surface area contributed by atoms with Crippen molar-refractivity contribution >= 4 is 27.2 Å². The highest BCUT2D eigenvalue weighted by Gasteiger charge is 2.24.